The molecule has 1 aromatic rings. The topological polar surface area (TPSA) is 83.5 Å². The SMILES string of the molecule is CC(C)(C(=O)Nc1ccc(C#CCCO)cc1)S(C)(=O)=O. The van der Waals surface area contributed by atoms with Crippen molar-refractivity contribution in [1.29, 1.82) is 0 Å². The van der Waals surface area contributed by atoms with E-state index in [9.17, 15) is 13.2 Å². The van der Waals surface area contributed by atoms with Gasteiger partial charge in [-0.15, -0.1) is 0 Å². The number of rotatable bonds is 4. The van der Waals surface area contributed by atoms with Crippen molar-refractivity contribution in [3.8, 4) is 11.8 Å². The zero-order valence-corrected chi connectivity index (χ0v) is 13.1. The van der Waals surface area contributed by atoms with Crippen LogP contribution in [0.5, 0.6) is 0 Å². The quantitative estimate of drug-likeness (QED) is 0.818. The molecule has 0 unspecified atom stereocenters. The van der Waals surface area contributed by atoms with Crippen LogP contribution in [-0.4, -0.2) is 37.0 Å². The summed E-state index contributed by atoms with van der Waals surface area (Å²) in [6.45, 7) is 2.75. The van der Waals surface area contributed by atoms with Crippen LogP contribution in [0.15, 0.2) is 24.3 Å². The number of aliphatic hydroxyl groups excluding tert-OH is 1. The number of aliphatic hydroxyl groups is 1. The molecule has 1 rings (SSSR count). The lowest BCUT2D eigenvalue weighted by molar-refractivity contribution is -0.117. The summed E-state index contributed by atoms with van der Waals surface area (Å²) < 4.78 is 21.7. The normalized spacial score (nSPS) is 11.4. The van der Waals surface area contributed by atoms with Crippen molar-refractivity contribution in [2.24, 2.45) is 0 Å². The molecule has 0 aliphatic rings. The Kier molecular flexibility index (Phi) is 5.53. The van der Waals surface area contributed by atoms with Gasteiger partial charge in [-0.05, 0) is 38.1 Å². The average molecular weight is 309 g/mol. The highest BCUT2D eigenvalue weighted by Gasteiger charge is 2.38. The Morgan fingerprint density at radius 1 is 1.29 bits per heavy atom. The van der Waals surface area contributed by atoms with Gasteiger partial charge in [0.25, 0.3) is 0 Å². The zero-order valence-electron chi connectivity index (χ0n) is 12.3. The summed E-state index contributed by atoms with van der Waals surface area (Å²) in [5, 5.41) is 11.2. The molecule has 2 N–H and O–H groups in total. The summed E-state index contributed by atoms with van der Waals surface area (Å²) >= 11 is 0. The molecule has 1 amide bonds. The van der Waals surface area contributed by atoms with Crippen LogP contribution in [0.1, 0.15) is 25.8 Å². The van der Waals surface area contributed by atoms with E-state index in [0.717, 1.165) is 11.8 Å². The van der Waals surface area contributed by atoms with Gasteiger partial charge >= 0.3 is 0 Å². The second-order valence-electron chi connectivity index (χ2n) is 5.09. The van der Waals surface area contributed by atoms with Crippen molar-refractivity contribution < 1.29 is 18.3 Å². The van der Waals surface area contributed by atoms with Crippen LogP contribution in [0.25, 0.3) is 0 Å². The standard InChI is InChI=1S/C15H19NO4S/c1-15(2,21(3,19)20)14(18)16-13-9-7-12(8-10-13)6-4-5-11-17/h7-10,17H,5,11H2,1-3H3,(H,16,18). The van der Waals surface area contributed by atoms with E-state index >= 15 is 0 Å². The van der Waals surface area contributed by atoms with Gasteiger partial charge in [0.2, 0.25) is 5.91 Å². The first-order valence-electron chi connectivity index (χ1n) is 6.39. The molecule has 0 heterocycles. The first kappa shape index (κ1) is 17.2. The summed E-state index contributed by atoms with van der Waals surface area (Å²) in [6.07, 6.45) is 1.44. The van der Waals surface area contributed by atoms with Gasteiger partial charge in [0, 0.05) is 23.9 Å². The van der Waals surface area contributed by atoms with E-state index in [1.807, 2.05) is 0 Å². The molecule has 0 saturated carbocycles. The number of hydrogen-bond acceptors (Lipinski definition) is 4. The van der Waals surface area contributed by atoms with Gasteiger partial charge in [-0.3, -0.25) is 4.79 Å². The Bertz CT molecular complexity index is 664. The Hall–Kier alpha value is -1.84. The van der Waals surface area contributed by atoms with Crippen molar-refractivity contribution in [1.82, 2.24) is 0 Å². The minimum absolute atomic E-state index is 0.0156. The van der Waals surface area contributed by atoms with E-state index in [-0.39, 0.29) is 6.61 Å². The molecule has 21 heavy (non-hydrogen) atoms. The van der Waals surface area contributed by atoms with Gasteiger partial charge in [0.05, 0.1) is 6.61 Å². The second kappa shape index (κ2) is 6.74. The minimum atomic E-state index is -3.50. The van der Waals surface area contributed by atoms with Gasteiger partial charge in [-0.25, -0.2) is 8.42 Å². The van der Waals surface area contributed by atoms with Crippen LogP contribution in [0.2, 0.25) is 0 Å². The van der Waals surface area contributed by atoms with E-state index in [0.29, 0.717) is 12.1 Å². The predicted molar refractivity (Wildman–Crippen MR) is 82.6 cm³/mol. The van der Waals surface area contributed by atoms with Gasteiger partial charge in [0.15, 0.2) is 9.84 Å². The molecule has 6 heteroatoms. The molecule has 0 aromatic heterocycles. The number of hydrogen-bond donors (Lipinski definition) is 2. The van der Waals surface area contributed by atoms with Crippen LogP contribution >= 0.6 is 0 Å². The van der Waals surface area contributed by atoms with Crippen LogP contribution in [0, 0.1) is 11.8 Å². The maximum atomic E-state index is 12.0. The smallest absolute Gasteiger partial charge is 0.245 e. The second-order valence-corrected chi connectivity index (χ2v) is 7.65. The number of carbonyl (C=O) groups excluding carboxylic acids is 1. The molecule has 0 saturated heterocycles. The molecule has 0 aliphatic carbocycles. The molecular weight excluding hydrogens is 290 g/mol. The van der Waals surface area contributed by atoms with Gasteiger partial charge in [-0.2, -0.15) is 0 Å². The molecule has 0 bridgehead atoms. The summed E-state index contributed by atoms with van der Waals surface area (Å²) in [5.41, 5.74) is 1.26. The van der Waals surface area contributed by atoms with Gasteiger partial charge in [0.1, 0.15) is 4.75 Å². The van der Waals surface area contributed by atoms with E-state index in [1.54, 1.807) is 24.3 Å². The highest BCUT2D eigenvalue weighted by molar-refractivity contribution is 7.92. The largest absolute Gasteiger partial charge is 0.395 e. The van der Waals surface area contributed by atoms with E-state index in [4.69, 9.17) is 5.11 Å². The van der Waals surface area contributed by atoms with E-state index in [2.05, 4.69) is 17.2 Å². The van der Waals surface area contributed by atoms with Gasteiger partial charge in [-0.1, -0.05) is 11.8 Å². The fraction of sp³-hybridized carbons (Fsp3) is 0.400. The Labute approximate surface area is 125 Å². The molecular formula is C15H19NO4S. The lowest BCUT2D eigenvalue weighted by Crippen LogP contribution is -2.43. The third-order valence-electron chi connectivity index (χ3n) is 3.09. The number of nitrogens with one attached hydrogen (secondary N) is 1. The average Bonchev–Trinajstić information content (AvgIpc) is 2.39. The summed E-state index contributed by atoms with van der Waals surface area (Å²) in [7, 11) is -3.50. The fourth-order valence-electron chi connectivity index (χ4n) is 1.31. The van der Waals surface area contributed by atoms with Crippen molar-refractivity contribution in [2.45, 2.75) is 25.0 Å². The summed E-state index contributed by atoms with van der Waals surface area (Å²) in [5.74, 6) is 5.07. The van der Waals surface area contributed by atoms with Crippen LogP contribution in [-0.2, 0) is 14.6 Å². The lowest BCUT2D eigenvalue weighted by atomic mass is 10.1. The predicted octanol–water partition coefficient (Wildman–Crippen LogP) is 1.18. The van der Waals surface area contributed by atoms with Gasteiger partial charge < -0.3 is 10.4 Å². The lowest BCUT2D eigenvalue weighted by Gasteiger charge is -2.21. The first-order chi connectivity index (χ1) is 9.68. The Morgan fingerprint density at radius 3 is 2.33 bits per heavy atom. The van der Waals surface area contributed by atoms with E-state index < -0.39 is 20.5 Å². The molecule has 0 atom stereocenters. The maximum absolute atomic E-state index is 12.0. The Balaban J connectivity index is 2.82. The third kappa shape index (κ3) is 4.59. The van der Waals surface area contributed by atoms with Crippen molar-refractivity contribution in [2.75, 3.05) is 18.2 Å². The molecule has 0 radical (unpaired) electrons. The number of carbonyl (C=O) groups is 1. The summed E-state index contributed by atoms with van der Waals surface area (Å²) in [6, 6.07) is 6.74. The highest BCUT2D eigenvalue weighted by atomic mass is 32.2. The Morgan fingerprint density at radius 2 is 1.86 bits per heavy atom. The number of amides is 1. The third-order valence-corrected chi connectivity index (χ3v) is 5.13. The molecule has 0 aliphatic heterocycles. The van der Waals surface area contributed by atoms with Crippen molar-refractivity contribution in [3.63, 3.8) is 0 Å². The zero-order chi connectivity index (χ0) is 16.1. The number of benzene rings is 1. The minimum Gasteiger partial charge on any atom is -0.395 e. The maximum Gasteiger partial charge on any atom is 0.245 e. The van der Waals surface area contributed by atoms with Crippen molar-refractivity contribution in [3.05, 3.63) is 29.8 Å². The van der Waals surface area contributed by atoms with Crippen LogP contribution in [0.4, 0.5) is 5.69 Å². The summed E-state index contributed by atoms with van der Waals surface area (Å²) in [4.78, 5) is 12.0. The molecule has 0 fully saturated rings. The monoisotopic (exact) mass is 309 g/mol. The first-order valence-corrected chi connectivity index (χ1v) is 8.28. The molecule has 114 valence electrons. The molecule has 5 nitrogen and oxygen atoms in total. The van der Waals surface area contributed by atoms with E-state index in [1.165, 1.54) is 13.8 Å². The number of anilines is 1. The molecule has 0 spiro atoms. The fourth-order valence-corrected chi connectivity index (χ4v) is 1.70. The molecule has 1 aromatic carbocycles. The number of sulfone groups is 1. The van der Waals surface area contributed by atoms with Crippen LogP contribution < -0.4 is 5.32 Å². The van der Waals surface area contributed by atoms with Crippen molar-refractivity contribution >= 4 is 21.4 Å². The highest BCUT2D eigenvalue weighted by Crippen LogP contribution is 2.18. The van der Waals surface area contributed by atoms with Crippen LogP contribution in [0.3, 0.4) is 0 Å².